The molecule has 9 atom stereocenters. The van der Waals surface area contributed by atoms with E-state index in [9.17, 15) is 19.2 Å². The molecule has 1 saturated heterocycles. The number of esters is 1. The van der Waals surface area contributed by atoms with E-state index < -0.39 is 11.9 Å². The van der Waals surface area contributed by atoms with Crippen LogP contribution in [-0.2, 0) is 23.9 Å². The van der Waals surface area contributed by atoms with Gasteiger partial charge in [-0.05, 0) is 111 Å². The van der Waals surface area contributed by atoms with E-state index in [1.807, 2.05) is 0 Å². The molecule has 0 aromatic rings. The second-order valence-corrected chi connectivity index (χ2v) is 17.3. The predicted molar refractivity (Wildman–Crippen MR) is 194 cm³/mol. The predicted octanol–water partition coefficient (Wildman–Crippen LogP) is 8.52. The van der Waals surface area contributed by atoms with Gasteiger partial charge in [-0.2, -0.15) is 0 Å². The van der Waals surface area contributed by atoms with Gasteiger partial charge in [0.25, 0.3) is 0 Å². The molecule has 1 N–H and O–H groups in total. The first-order chi connectivity index (χ1) is 23.4. The number of nitrogens with one attached hydrogen (secondary N) is 1. The van der Waals surface area contributed by atoms with Crippen LogP contribution in [-0.4, -0.2) is 61.0 Å². The lowest BCUT2D eigenvalue weighted by Crippen LogP contribution is -2.51. The zero-order valence-corrected chi connectivity index (χ0v) is 31.5. The molecular weight excluding hydrogens is 616 g/mol. The summed E-state index contributed by atoms with van der Waals surface area (Å²) in [7, 11) is 0. The van der Waals surface area contributed by atoms with Gasteiger partial charge in [0.05, 0.1) is 13.2 Å². The molecule has 2 amide bonds. The van der Waals surface area contributed by atoms with Crippen molar-refractivity contribution in [3.8, 4) is 0 Å². The number of allylic oxidation sites excluding steroid dienone is 1. The fourth-order valence-corrected chi connectivity index (χ4v) is 11.2. The number of fused-ring (bicyclic) bond motifs is 5. The third kappa shape index (κ3) is 8.41. The summed E-state index contributed by atoms with van der Waals surface area (Å²) in [6.45, 7) is 15.0. The van der Waals surface area contributed by atoms with E-state index in [2.05, 4.69) is 46.0 Å². The highest BCUT2D eigenvalue weighted by Crippen LogP contribution is 2.67. The number of carbonyl (C=O) groups is 4. The van der Waals surface area contributed by atoms with E-state index in [0.717, 1.165) is 67.6 Å². The number of carbonyl (C=O) groups excluding carboxylic acids is 4. The Morgan fingerprint density at radius 1 is 1.00 bits per heavy atom. The summed E-state index contributed by atoms with van der Waals surface area (Å²) in [4.78, 5) is 50.8. The Bertz CT molecular complexity index is 1240. The summed E-state index contributed by atoms with van der Waals surface area (Å²) in [5.41, 5.74) is 2.27. The highest BCUT2D eigenvalue weighted by atomic mass is 16.6. The maximum Gasteiger partial charge on any atom is 0.407 e. The van der Waals surface area contributed by atoms with E-state index >= 15 is 0 Å². The highest BCUT2D eigenvalue weighted by molar-refractivity contribution is 6.04. The van der Waals surface area contributed by atoms with E-state index in [1.165, 1.54) is 61.8 Å². The minimum absolute atomic E-state index is 0. The van der Waals surface area contributed by atoms with Gasteiger partial charge in [-0.15, -0.1) is 0 Å². The summed E-state index contributed by atoms with van der Waals surface area (Å²) >= 11 is 0. The van der Waals surface area contributed by atoms with E-state index in [0.29, 0.717) is 24.8 Å². The lowest BCUT2D eigenvalue weighted by molar-refractivity contribution is -0.149. The first kappa shape index (κ1) is 37.9. The van der Waals surface area contributed by atoms with Crippen molar-refractivity contribution in [1.82, 2.24) is 10.2 Å². The molecular formula is C41H68N2O6. The molecule has 5 aliphatic rings. The third-order valence-electron chi connectivity index (χ3n) is 13.9. The van der Waals surface area contributed by atoms with Crippen LogP contribution >= 0.6 is 0 Å². The summed E-state index contributed by atoms with van der Waals surface area (Å²) in [6, 6.07) is 0. The van der Waals surface area contributed by atoms with Crippen molar-refractivity contribution in [3.05, 3.63) is 11.6 Å². The molecule has 4 fully saturated rings. The Hall–Kier alpha value is -2.38. The Labute approximate surface area is 297 Å². The van der Waals surface area contributed by atoms with Crippen LogP contribution in [0.2, 0.25) is 0 Å². The minimum Gasteiger partial charge on any atom is -0.465 e. The number of rotatable bonds is 14. The first-order valence-electron chi connectivity index (χ1n) is 20.0. The van der Waals surface area contributed by atoms with Gasteiger partial charge in [-0.1, -0.05) is 72.0 Å². The smallest absolute Gasteiger partial charge is 0.407 e. The van der Waals surface area contributed by atoms with Crippen LogP contribution in [0.15, 0.2) is 11.6 Å². The average molecular weight is 685 g/mol. The molecule has 1 heterocycles. The number of alkyl carbamates (subject to hydrolysis) is 1. The standard InChI is InChI=1S/C41H66N2O6.H2/c1-7-48-38(46)32-25-43(26-36(32)44)37(45)14-9-8-10-23-42-39(47)49-30-19-21-40(5)29(24-30)15-16-31-34-18-17-33(28(4)13-11-12-27(2)3)41(34,6)22-20-35(31)40;/h15,27-28,30-35H,7-14,16-26H2,1-6H3,(H,42,47);1H/t28?,30-,31?,32?,33+,34?,35?,40-,41+;/m0./s1. The molecule has 1 aliphatic heterocycles. The van der Waals surface area contributed by atoms with Crippen molar-refractivity contribution in [2.45, 2.75) is 144 Å². The van der Waals surface area contributed by atoms with E-state index in [1.54, 1.807) is 6.92 Å². The number of unbranched alkanes of at least 4 members (excludes halogenated alkanes) is 2. The summed E-state index contributed by atoms with van der Waals surface area (Å²) in [6.07, 6.45) is 18.5. The lowest BCUT2D eigenvalue weighted by atomic mass is 9.47. The van der Waals surface area contributed by atoms with Crippen LogP contribution in [0.25, 0.3) is 0 Å². The number of likely N-dealkylation sites (tertiary alicyclic amines) is 1. The minimum atomic E-state index is -0.856. The van der Waals surface area contributed by atoms with Crippen molar-refractivity contribution in [1.29, 1.82) is 0 Å². The molecule has 0 aromatic carbocycles. The van der Waals surface area contributed by atoms with Gasteiger partial charge in [0.15, 0.2) is 5.78 Å². The zero-order valence-electron chi connectivity index (χ0n) is 31.5. The molecule has 49 heavy (non-hydrogen) atoms. The number of nitrogens with zero attached hydrogens (tertiary/aromatic N) is 1. The highest BCUT2D eigenvalue weighted by Gasteiger charge is 2.59. The van der Waals surface area contributed by atoms with Gasteiger partial charge in [0.1, 0.15) is 12.0 Å². The van der Waals surface area contributed by atoms with Crippen LogP contribution < -0.4 is 5.32 Å². The molecule has 0 radical (unpaired) electrons. The molecule has 0 spiro atoms. The van der Waals surface area contributed by atoms with Crippen molar-refractivity contribution in [3.63, 3.8) is 0 Å². The topological polar surface area (TPSA) is 102 Å². The summed E-state index contributed by atoms with van der Waals surface area (Å²) in [5, 5.41) is 2.92. The number of hydrogen-bond acceptors (Lipinski definition) is 6. The number of ether oxygens (including phenoxy) is 2. The van der Waals surface area contributed by atoms with Gasteiger partial charge >= 0.3 is 12.1 Å². The largest absolute Gasteiger partial charge is 0.465 e. The summed E-state index contributed by atoms with van der Waals surface area (Å²) < 4.78 is 10.9. The van der Waals surface area contributed by atoms with E-state index in [-0.39, 0.29) is 50.4 Å². The number of hydrogen-bond donors (Lipinski definition) is 1. The molecule has 8 nitrogen and oxygen atoms in total. The zero-order chi connectivity index (χ0) is 35.3. The Morgan fingerprint density at radius 3 is 2.55 bits per heavy atom. The Kier molecular flexibility index (Phi) is 12.6. The number of amides is 2. The third-order valence-corrected chi connectivity index (χ3v) is 13.9. The average Bonchev–Trinajstić information content (AvgIpc) is 3.62. The SMILES string of the molecule is CCOC(=O)C1CN(C(=O)CCCCCNC(=O)O[C@H]2CC[C@@]3(C)C(=CCC4C3CC[C@@]3(C)C4CC[C@@H]3C(C)CCCC(C)C)C2)CC1=O.[HH]. The van der Waals surface area contributed by atoms with Gasteiger partial charge < -0.3 is 19.7 Å². The van der Waals surface area contributed by atoms with Gasteiger partial charge in [-0.3, -0.25) is 14.4 Å². The van der Waals surface area contributed by atoms with Crippen molar-refractivity contribution in [2.24, 2.45) is 52.3 Å². The van der Waals surface area contributed by atoms with Crippen LogP contribution in [0.3, 0.4) is 0 Å². The van der Waals surface area contributed by atoms with E-state index in [4.69, 9.17) is 9.47 Å². The first-order valence-corrected chi connectivity index (χ1v) is 20.0. The summed E-state index contributed by atoms with van der Waals surface area (Å²) in [5.74, 6) is 3.16. The fraction of sp³-hybridized carbons (Fsp3) is 0.854. The van der Waals surface area contributed by atoms with Crippen molar-refractivity contribution < 1.29 is 30.1 Å². The maximum atomic E-state index is 12.7. The van der Waals surface area contributed by atoms with Gasteiger partial charge in [-0.25, -0.2) is 4.79 Å². The monoisotopic (exact) mass is 685 g/mol. The molecule has 8 heteroatoms. The number of ketones is 1. The van der Waals surface area contributed by atoms with Crippen molar-refractivity contribution >= 4 is 23.8 Å². The maximum absolute atomic E-state index is 12.7. The molecule has 3 saturated carbocycles. The van der Waals surface area contributed by atoms with Crippen LogP contribution in [0.1, 0.15) is 139 Å². The molecule has 0 bridgehead atoms. The second-order valence-electron chi connectivity index (χ2n) is 17.3. The number of Topliss-reactive ketones (excluding diaryl/α,β-unsaturated/α-hetero) is 1. The Balaban J connectivity index is 0.00000562. The van der Waals surface area contributed by atoms with Crippen LogP contribution in [0.4, 0.5) is 4.79 Å². The molecule has 0 aromatic heterocycles. The van der Waals surface area contributed by atoms with Crippen LogP contribution in [0.5, 0.6) is 0 Å². The fourth-order valence-electron chi connectivity index (χ4n) is 11.2. The molecule has 5 rings (SSSR count). The molecule has 5 unspecified atom stereocenters. The second kappa shape index (κ2) is 16.3. The van der Waals surface area contributed by atoms with Gasteiger partial charge in [0, 0.05) is 27.4 Å². The van der Waals surface area contributed by atoms with Crippen LogP contribution in [0, 0.1) is 52.3 Å². The van der Waals surface area contributed by atoms with Crippen molar-refractivity contribution in [2.75, 3.05) is 26.2 Å². The van der Waals surface area contributed by atoms with Gasteiger partial charge in [0.2, 0.25) is 5.91 Å². The molecule has 278 valence electrons. The Morgan fingerprint density at radius 2 is 1.80 bits per heavy atom. The quantitative estimate of drug-likeness (QED) is 0.0852. The molecule has 4 aliphatic carbocycles. The normalized spacial score (nSPS) is 34.5. The lowest BCUT2D eigenvalue weighted by Gasteiger charge is -2.58.